The molecule has 5 aromatic carbocycles. The molecule has 0 saturated carbocycles. The van der Waals surface area contributed by atoms with E-state index in [1.54, 1.807) is 20.0 Å². The van der Waals surface area contributed by atoms with Crippen molar-refractivity contribution in [1.82, 2.24) is 0 Å². The Morgan fingerprint density at radius 3 is 1.54 bits per heavy atom. The van der Waals surface area contributed by atoms with E-state index in [1.165, 1.54) is 32.3 Å². The van der Waals surface area contributed by atoms with Gasteiger partial charge in [-0.15, -0.1) is 69.4 Å². The second kappa shape index (κ2) is 13.8. The largest absolute Gasteiger partial charge is 0.168 e. The zero-order valence-electron chi connectivity index (χ0n) is 16.3. The molecule has 5 rings (SSSR count). The standard InChI is InChI=1S/C13H9.C9H7.2CH4O.CH2.Ti/c1-3-7-12-10(5-1)9-11-6-2-4-8-13(11)12;1-2-5-9-7-3-6-8(9)4-1;2*1-2;;/h1-9H;1-7H;2*2H,1H3;1H2;/q2*-1;;;;+2. The SMILES string of the molecule is CO.CO.[CH2]=[Ti+2].c1ccc2[cH-]ccc2c1.c1ccc2c(c1)[cH-]c1ccccc12. The second-order valence-corrected chi connectivity index (χ2v) is 5.47. The minimum atomic E-state index is 1.00. The van der Waals surface area contributed by atoms with Crippen LogP contribution in [0.15, 0.2) is 97.1 Å². The Labute approximate surface area is 178 Å². The summed E-state index contributed by atoms with van der Waals surface area (Å²) in [5.74, 6) is 0. The number of fused-ring (bicyclic) bond motifs is 4. The first-order chi connectivity index (χ1) is 13.9. The molecule has 0 saturated heterocycles. The van der Waals surface area contributed by atoms with Gasteiger partial charge in [-0.2, -0.15) is 17.5 Å². The molecule has 0 heterocycles. The summed E-state index contributed by atoms with van der Waals surface area (Å²) in [5.41, 5.74) is 0. The van der Waals surface area contributed by atoms with Gasteiger partial charge in [-0.3, -0.25) is 0 Å². The van der Waals surface area contributed by atoms with Crippen molar-refractivity contribution in [1.29, 1.82) is 0 Å². The van der Waals surface area contributed by atoms with Gasteiger partial charge in [-0.05, 0) is 0 Å². The van der Waals surface area contributed by atoms with Crippen molar-refractivity contribution in [3.63, 3.8) is 0 Å². The van der Waals surface area contributed by atoms with Crippen LogP contribution in [-0.4, -0.2) is 29.2 Å². The predicted molar refractivity (Wildman–Crippen MR) is 120 cm³/mol. The molecule has 28 heavy (non-hydrogen) atoms. The molecule has 2 N–H and O–H groups in total. The van der Waals surface area contributed by atoms with Crippen LogP contribution in [0.25, 0.3) is 32.3 Å². The summed E-state index contributed by atoms with van der Waals surface area (Å²) >= 11 is 1.75. The maximum atomic E-state index is 7.00. The first kappa shape index (κ1) is 23.7. The third-order valence-corrected chi connectivity index (χ3v) is 4.07. The molecule has 2 nitrogen and oxygen atoms in total. The van der Waals surface area contributed by atoms with Crippen LogP contribution in [0.4, 0.5) is 0 Å². The Morgan fingerprint density at radius 2 is 1.04 bits per heavy atom. The number of aliphatic hydroxyl groups excluding tert-OH is 2. The van der Waals surface area contributed by atoms with E-state index in [0.717, 1.165) is 14.2 Å². The summed E-state index contributed by atoms with van der Waals surface area (Å²) in [4.78, 5) is 3.25. The van der Waals surface area contributed by atoms with Gasteiger partial charge < -0.3 is 10.2 Å². The Kier molecular flexibility index (Phi) is 11.6. The van der Waals surface area contributed by atoms with Gasteiger partial charge in [0.05, 0.1) is 0 Å². The normalized spacial score (nSPS) is 9.07. The van der Waals surface area contributed by atoms with E-state index < -0.39 is 0 Å². The molecule has 0 aromatic heterocycles. The van der Waals surface area contributed by atoms with Gasteiger partial charge >= 0.3 is 24.8 Å². The Hall–Kier alpha value is -2.36. The van der Waals surface area contributed by atoms with Crippen molar-refractivity contribution in [2.24, 2.45) is 0 Å². The maximum absolute atomic E-state index is 7.00. The van der Waals surface area contributed by atoms with Crippen LogP contribution in [0.3, 0.4) is 0 Å². The summed E-state index contributed by atoms with van der Waals surface area (Å²) in [6, 6.07) is 33.9. The van der Waals surface area contributed by atoms with Crippen molar-refractivity contribution < 1.29 is 30.2 Å². The predicted octanol–water partition coefficient (Wildman–Crippen LogP) is 5.45. The summed E-state index contributed by atoms with van der Waals surface area (Å²) in [6.07, 6.45) is 0. The van der Waals surface area contributed by atoms with E-state index >= 15 is 0 Å². The van der Waals surface area contributed by atoms with Gasteiger partial charge in [-0.25, -0.2) is 0 Å². The van der Waals surface area contributed by atoms with Crippen LogP contribution in [-0.2, 0) is 20.0 Å². The molecule has 0 radical (unpaired) electrons. The fraction of sp³-hybridized carbons (Fsp3) is 0.0800. The molecule has 3 heteroatoms. The van der Waals surface area contributed by atoms with Crippen LogP contribution in [0.1, 0.15) is 0 Å². The third kappa shape index (κ3) is 6.08. The van der Waals surface area contributed by atoms with Gasteiger partial charge in [0, 0.05) is 14.2 Å². The molecule has 5 aromatic rings. The molecule has 0 spiro atoms. The molecule has 0 fully saturated rings. The molecule has 0 amide bonds. The molecular weight excluding hydrogens is 380 g/mol. The van der Waals surface area contributed by atoms with Crippen LogP contribution in [0, 0.1) is 0 Å². The Bertz CT molecular complexity index is 979. The molecule has 0 bridgehead atoms. The minimum Gasteiger partial charge on any atom is -0.168 e. The van der Waals surface area contributed by atoms with E-state index in [4.69, 9.17) is 10.2 Å². The van der Waals surface area contributed by atoms with Crippen molar-refractivity contribution in [3.05, 3.63) is 97.1 Å². The number of rotatable bonds is 0. The van der Waals surface area contributed by atoms with E-state index in [9.17, 15) is 0 Å². The number of aliphatic hydroxyl groups is 2. The first-order valence-electron chi connectivity index (χ1n) is 8.80. The molecule has 142 valence electrons. The molecule has 0 aliphatic carbocycles. The van der Waals surface area contributed by atoms with E-state index in [2.05, 4.69) is 102 Å². The number of hydrogen-bond donors (Lipinski definition) is 2. The van der Waals surface area contributed by atoms with Gasteiger partial charge in [-0.1, -0.05) is 42.5 Å². The van der Waals surface area contributed by atoms with Crippen LogP contribution in [0.5, 0.6) is 0 Å². The minimum absolute atomic E-state index is 1.00. The zero-order chi connectivity index (χ0) is 20.8. The van der Waals surface area contributed by atoms with Crippen molar-refractivity contribution in [2.75, 3.05) is 14.2 Å². The van der Waals surface area contributed by atoms with E-state index in [0.29, 0.717) is 0 Å². The maximum Gasteiger partial charge on any atom is -0.0771 e. The second-order valence-electron chi connectivity index (χ2n) is 5.47. The van der Waals surface area contributed by atoms with Gasteiger partial charge in [0.15, 0.2) is 0 Å². The van der Waals surface area contributed by atoms with Gasteiger partial charge in [0.25, 0.3) is 0 Å². The van der Waals surface area contributed by atoms with Crippen molar-refractivity contribution in [2.45, 2.75) is 0 Å². The average molecular weight is 406 g/mol. The first-order valence-corrected chi connectivity index (χ1v) is 9.91. The topological polar surface area (TPSA) is 40.5 Å². The van der Waals surface area contributed by atoms with Crippen LogP contribution >= 0.6 is 0 Å². The van der Waals surface area contributed by atoms with Gasteiger partial charge in [0.2, 0.25) is 0 Å². The summed E-state index contributed by atoms with van der Waals surface area (Å²) < 4.78 is 0. The smallest absolute Gasteiger partial charge is 0.0771 e. The molecule has 0 unspecified atom stereocenters. The summed E-state index contributed by atoms with van der Waals surface area (Å²) in [7, 11) is 2.00. The van der Waals surface area contributed by atoms with Crippen LogP contribution in [0.2, 0.25) is 0 Å². The number of benzene rings is 3. The van der Waals surface area contributed by atoms with E-state index in [1.807, 2.05) is 0 Å². The monoisotopic (exact) mass is 406 g/mol. The fourth-order valence-corrected chi connectivity index (χ4v) is 2.97. The quantitative estimate of drug-likeness (QED) is 0.265. The summed E-state index contributed by atoms with van der Waals surface area (Å²) in [6.45, 7) is 0. The Balaban J connectivity index is 0.000000230. The summed E-state index contributed by atoms with van der Waals surface area (Å²) in [5, 5.41) is 22.1. The molecular formula is C25H26O2Ti. The van der Waals surface area contributed by atoms with E-state index in [-0.39, 0.29) is 0 Å². The average Bonchev–Trinajstić information content (AvgIpc) is 3.43. The zero-order valence-corrected chi connectivity index (χ0v) is 17.9. The number of hydrogen-bond acceptors (Lipinski definition) is 2. The molecule has 0 atom stereocenters. The Morgan fingerprint density at radius 1 is 0.607 bits per heavy atom. The van der Waals surface area contributed by atoms with Crippen LogP contribution < -0.4 is 0 Å². The third-order valence-electron chi connectivity index (χ3n) is 4.07. The van der Waals surface area contributed by atoms with Crippen molar-refractivity contribution in [3.8, 4) is 0 Å². The fourth-order valence-electron chi connectivity index (χ4n) is 2.97. The molecule has 0 aliphatic rings. The van der Waals surface area contributed by atoms with Crippen molar-refractivity contribution >= 4 is 37.1 Å². The molecule has 0 aliphatic heterocycles. The van der Waals surface area contributed by atoms with Gasteiger partial charge in [0.1, 0.15) is 0 Å².